The van der Waals surface area contributed by atoms with E-state index in [9.17, 15) is 9.59 Å². The fraction of sp³-hybridized carbons (Fsp3) is 0.308. The number of aromatic amines is 1. The number of rotatable bonds is 3. The van der Waals surface area contributed by atoms with Crippen LogP contribution in [-0.4, -0.2) is 23.0 Å². The number of aromatic nitrogens is 2. The number of fused-ring (bicyclic) bond motifs is 1. The van der Waals surface area contributed by atoms with Crippen LogP contribution in [0, 0.1) is 0 Å². The SMILES string of the molecule is CCCc1nc2ccc(C(=O)OC)cc2[nH]c1=O. The highest BCUT2D eigenvalue weighted by molar-refractivity contribution is 5.93. The third kappa shape index (κ3) is 2.25. The number of hydrogen-bond acceptors (Lipinski definition) is 4. The van der Waals surface area contributed by atoms with Crippen LogP contribution in [0.4, 0.5) is 0 Å². The summed E-state index contributed by atoms with van der Waals surface area (Å²) >= 11 is 0. The van der Waals surface area contributed by atoms with Crippen molar-refractivity contribution in [2.45, 2.75) is 19.8 Å². The van der Waals surface area contributed by atoms with Crippen LogP contribution in [0.1, 0.15) is 29.4 Å². The molecule has 0 amide bonds. The van der Waals surface area contributed by atoms with Gasteiger partial charge in [0, 0.05) is 0 Å². The average Bonchev–Trinajstić information content (AvgIpc) is 2.38. The van der Waals surface area contributed by atoms with E-state index in [4.69, 9.17) is 0 Å². The van der Waals surface area contributed by atoms with Crippen LogP contribution in [-0.2, 0) is 11.2 Å². The smallest absolute Gasteiger partial charge is 0.337 e. The predicted octanol–water partition coefficient (Wildman–Crippen LogP) is 1.66. The number of H-pyrrole nitrogens is 1. The van der Waals surface area contributed by atoms with Crippen molar-refractivity contribution in [3.05, 3.63) is 39.8 Å². The van der Waals surface area contributed by atoms with Gasteiger partial charge in [-0.05, 0) is 24.6 Å². The Hall–Kier alpha value is -2.17. The summed E-state index contributed by atoms with van der Waals surface area (Å²) in [5.41, 5.74) is 1.93. The lowest BCUT2D eigenvalue weighted by atomic mass is 10.2. The largest absolute Gasteiger partial charge is 0.465 e. The van der Waals surface area contributed by atoms with E-state index in [1.54, 1.807) is 18.2 Å². The number of carbonyl (C=O) groups excluding carboxylic acids is 1. The fourth-order valence-corrected chi connectivity index (χ4v) is 1.78. The molecule has 0 radical (unpaired) electrons. The first-order valence-electron chi connectivity index (χ1n) is 5.77. The summed E-state index contributed by atoms with van der Waals surface area (Å²) in [4.78, 5) is 30.1. The van der Waals surface area contributed by atoms with Crippen molar-refractivity contribution in [1.29, 1.82) is 0 Å². The van der Waals surface area contributed by atoms with Gasteiger partial charge in [0.2, 0.25) is 0 Å². The fourth-order valence-electron chi connectivity index (χ4n) is 1.78. The van der Waals surface area contributed by atoms with Crippen molar-refractivity contribution >= 4 is 17.0 Å². The number of benzene rings is 1. The molecule has 94 valence electrons. The zero-order valence-corrected chi connectivity index (χ0v) is 10.3. The Morgan fingerprint density at radius 2 is 2.22 bits per heavy atom. The maximum atomic E-state index is 11.7. The van der Waals surface area contributed by atoms with Crippen molar-refractivity contribution < 1.29 is 9.53 Å². The molecule has 1 aromatic heterocycles. The van der Waals surface area contributed by atoms with Crippen LogP contribution in [0.3, 0.4) is 0 Å². The number of ether oxygens (including phenoxy) is 1. The second-order valence-electron chi connectivity index (χ2n) is 3.99. The van der Waals surface area contributed by atoms with E-state index in [1.165, 1.54) is 7.11 Å². The summed E-state index contributed by atoms with van der Waals surface area (Å²) in [6.07, 6.45) is 1.51. The molecule has 1 heterocycles. The summed E-state index contributed by atoms with van der Waals surface area (Å²) in [5.74, 6) is -0.435. The molecule has 0 unspecified atom stereocenters. The molecule has 0 atom stereocenters. The van der Waals surface area contributed by atoms with E-state index in [2.05, 4.69) is 14.7 Å². The van der Waals surface area contributed by atoms with Crippen LogP contribution in [0.25, 0.3) is 11.0 Å². The number of methoxy groups -OCH3 is 1. The average molecular weight is 246 g/mol. The molecule has 0 saturated heterocycles. The molecule has 0 aliphatic carbocycles. The highest BCUT2D eigenvalue weighted by Crippen LogP contribution is 2.12. The van der Waals surface area contributed by atoms with Gasteiger partial charge in [-0.3, -0.25) is 4.79 Å². The highest BCUT2D eigenvalue weighted by atomic mass is 16.5. The molecular weight excluding hydrogens is 232 g/mol. The summed E-state index contributed by atoms with van der Waals surface area (Å²) in [6.45, 7) is 1.99. The second kappa shape index (κ2) is 5.00. The number of nitrogens with one attached hydrogen (secondary N) is 1. The zero-order chi connectivity index (χ0) is 13.1. The maximum Gasteiger partial charge on any atom is 0.337 e. The topological polar surface area (TPSA) is 72.0 Å². The zero-order valence-electron chi connectivity index (χ0n) is 10.3. The van der Waals surface area contributed by atoms with Gasteiger partial charge >= 0.3 is 5.97 Å². The van der Waals surface area contributed by atoms with Gasteiger partial charge in [-0.2, -0.15) is 0 Å². The number of esters is 1. The number of carbonyl (C=O) groups is 1. The first kappa shape index (κ1) is 12.3. The van der Waals surface area contributed by atoms with Gasteiger partial charge in [-0.1, -0.05) is 13.3 Å². The minimum Gasteiger partial charge on any atom is -0.465 e. The number of nitrogens with zero attached hydrogens (tertiary/aromatic N) is 1. The molecule has 0 spiro atoms. The molecule has 1 aromatic carbocycles. The standard InChI is InChI=1S/C13H14N2O3/c1-3-4-10-12(16)15-11-7-8(13(17)18-2)5-6-9(11)14-10/h5-7H,3-4H2,1-2H3,(H,15,16). The summed E-state index contributed by atoms with van der Waals surface area (Å²) < 4.78 is 4.63. The van der Waals surface area contributed by atoms with E-state index in [-0.39, 0.29) is 5.56 Å². The summed E-state index contributed by atoms with van der Waals surface area (Å²) in [7, 11) is 1.32. The van der Waals surface area contributed by atoms with Gasteiger partial charge in [-0.25, -0.2) is 9.78 Å². The van der Waals surface area contributed by atoms with E-state index < -0.39 is 5.97 Å². The Balaban J connectivity index is 2.55. The third-order valence-corrected chi connectivity index (χ3v) is 2.67. The second-order valence-corrected chi connectivity index (χ2v) is 3.99. The van der Waals surface area contributed by atoms with Crippen molar-refractivity contribution in [2.75, 3.05) is 7.11 Å². The summed E-state index contributed by atoms with van der Waals surface area (Å²) in [5, 5.41) is 0. The molecule has 0 aliphatic rings. The van der Waals surface area contributed by atoms with E-state index >= 15 is 0 Å². The van der Waals surface area contributed by atoms with Gasteiger partial charge in [0.1, 0.15) is 5.69 Å². The summed E-state index contributed by atoms with van der Waals surface area (Å²) in [6, 6.07) is 4.91. The third-order valence-electron chi connectivity index (χ3n) is 2.67. The molecule has 5 nitrogen and oxygen atoms in total. The van der Waals surface area contributed by atoms with E-state index in [0.29, 0.717) is 28.7 Å². The minimum atomic E-state index is -0.435. The predicted molar refractivity (Wildman–Crippen MR) is 67.7 cm³/mol. The van der Waals surface area contributed by atoms with Crippen LogP contribution in [0.2, 0.25) is 0 Å². The molecule has 2 aromatic rings. The minimum absolute atomic E-state index is 0.202. The quantitative estimate of drug-likeness (QED) is 0.836. The van der Waals surface area contributed by atoms with Gasteiger partial charge in [0.05, 0.1) is 23.7 Å². The molecule has 0 fully saturated rings. The number of aryl methyl sites for hydroxylation is 1. The van der Waals surface area contributed by atoms with Crippen LogP contribution in [0.5, 0.6) is 0 Å². The van der Waals surface area contributed by atoms with Crippen molar-refractivity contribution in [3.63, 3.8) is 0 Å². The maximum absolute atomic E-state index is 11.7. The highest BCUT2D eigenvalue weighted by Gasteiger charge is 2.08. The molecule has 0 bridgehead atoms. The molecule has 18 heavy (non-hydrogen) atoms. The Kier molecular flexibility index (Phi) is 3.41. The van der Waals surface area contributed by atoms with Gasteiger partial charge in [0.25, 0.3) is 5.56 Å². The van der Waals surface area contributed by atoms with Crippen molar-refractivity contribution in [3.8, 4) is 0 Å². The van der Waals surface area contributed by atoms with Gasteiger partial charge in [-0.15, -0.1) is 0 Å². The Labute approximate surface area is 104 Å². The lowest BCUT2D eigenvalue weighted by molar-refractivity contribution is 0.0601. The Morgan fingerprint density at radius 1 is 1.44 bits per heavy atom. The first-order valence-corrected chi connectivity index (χ1v) is 5.77. The molecular formula is C13H14N2O3. The first-order chi connectivity index (χ1) is 8.65. The monoisotopic (exact) mass is 246 g/mol. The van der Waals surface area contributed by atoms with Crippen LogP contribution in [0.15, 0.2) is 23.0 Å². The van der Waals surface area contributed by atoms with Crippen LogP contribution >= 0.6 is 0 Å². The molecule has 0 saturated carbocycles. The van der Waals surface area contributed by atoms with Gasteiger partial charge < -0.3 is 9.72 Å². The Morgan fingerprint density at radius 3 is 2.89 bits per heavy atom. The molecule has 2 rings (SSSR count). The van der Waals surface area contributed by atoms with E-state index in [1.807, 2.05) is 6.92 Å². The lowest BCUT2D eigenvalue weighted by Gasteiger charge is -2.03. The molecule has 0 aliphatic heterocycles. The molecule has 1 N–H and O–H groups in total. The normalized spacial score (nSPS) is 10.6. The Bertz CT molecular complexity index is 646. The molecule has 5 heteroatoms. The lowest BCUT2D eigenvalue weighted by Crippen LogP contribution is -2.15. The van der Waals surface area contributed by atoms with Crippen molar-refractivity contribution in [2.24, 2.45) is 0 Å². The van der Waals surface area contributed by atoms with E-state index in [0.717, 1.165) is 6.42 Å². The number of hydrogen-bond donors (Lipinski definition) is 1. The van der Waals surface area contributed by atoms with Crippen LogP contribution < -0.4 is 5.56 Å². The van der Waals surface area contributed by atoms with Gasteiger partial charge in [0.15, 0.2) is 0 Å². The van der Waals surface area contributed by atoms with Crippen molar-refractivity contribution in [1.82, 2.24) is 9.97 Å².